The molecule has 0 atom stereocenters. The predicted molar refractivity (Wildman–Crippen MR) is 57.8 cm³/mol. The number of anilines is 1. The van der Waals surface area contributed by atoms with Crippen molar-refractivity contribution in [3.63, 3.8) is 0 Å². The zero-order valence-corrected chi connectivity index (χ0v) is 8.12. The summed E-state index contributed by atoms with van der Waals surface area (Å²) in [6.45, 7) is 2.05. The number of nitrogens with one attached hydrogen (secondary N) is 1. The monoisotopic (exact) mass is 187 g/mol. The summed E-state index contributed by atoms with van der Waals surface area (Å²) in [4.78, 5) is 7.49. The highest BCUT2D eigenvalue weighted by molar-refractivity contribution is 5.58. The third-order valence-corrected chi connectivity index (χ3v) is 2.21. The maximum absolute atomic E-state index is 5.75. The largest absolute Gasteiger partial charge is 0.382 e. The van der Waals surface area contributed by atoms with Crippen molar-refractivity contribution in [2.45, 2.75) is 13.3 Å². The van der Waals surface area contributed by atoms with Crippen LogP contribution < -0.4 is 5.73 Å². The van der Waals surface area contributed by atoms with E-state index in [-0.39, 0.29) is 0 Å². The first-order valence-electron chi connectivity index (χ1n) is 4.71. The van der Waals surface area contributed by atoms with E-state index in [4.69, 9.17) is 5.73 Å². The number of aromatic nitrogens is 2. The van der Waals surface area contributed by atoms with Crippen LogP contribution in [-0.4, -0.2) is 9.97 Å². The number of hydrogen-bond acceptors (Lipinski definition) is 2. The second-order valence-corrected chi connectivity index (χ2v) is 3.17. The van der Waals surface area contributed by atoms with Gasteiger partial charge in [0.15, 0.2) is 0 Å². The van der Waals surface area contributed by atoms with Crippen LogP contribution in [0.25, 0.3) is 11.4 Å². The minimum atomic E-state index is 0.603. The highest BCUT2D eigenvalue weighted by atomic mass is 15.0. The van der Waals surface area contributed by atoms with E-state index in [1.807, 2.05) is 30.3 Å². The Morgan fingerprint density at radius 1 is 1.29 bits per heavy atom. The van der Waals surface area contributed by atoms with Gasteiger partial charge in [-0.05, 0) is 6.42 Å². The van der Waals surface area contributed by atoms with Crippen LogP contribution in [0.2, 0.25) is 0 Å². The first-order valence-corrected chi connectivity index (χ1v) is 4.71. The van der Waals surface area contributed by atoms with Crippen molar-refractivity contribution < 1.29 is 0 Å². The van der Waals surface area contributed by atoms with Gasteiger partial charge in [-0.1, -0.05) is 37.3 Å². The lowest BCUT2D eigenvalue weighted by Gasteiger charge is -1.93. The van der Waals surface area contributed by atoms with Crippen LogP contribution in [0, 0.1) is 0 Å². The van der Waals surface area contributed by atoms with Gasteiger partial charge >= 0.3 is 0 Å². The Balaban J connectivity index is 2.43. The van der Waals surface area contributed by atoms with Crippen molar-refractivity contribution in [2.24, 2.45) is 0 Å². The van der Waals surface area contributed by atoms with Gasteiger partial charge in [0.05, 0.1) is 5.69 Å². The molecular weight excluding hydrogens is 174 g/mol. The van der Waals surface area contributed by atoms with Crippen molar-refractivity contribution >= 4 is 5.82 Å². The summed E-state index contributed by atoms with van der Waals surface area (Å²) in [6, 6.07) is 9.98. The molecule has 0 saturated heterocycles. The summed E-state index contributed by atoms with van der Waals surface area (Å²) >= 11 is 0. The molecule has 1 aromatic heterocycles. The van der Waals surface area contributed by atoms with E-state index in [9.17, 15) is 0 Å². The molecule has 0 saturated carbocycles. The van der Waals surface area contributed by atoms with E-state index >= 15 is 0 Å². The van der Waals surface area contributed by atoms with Crippen LogP contribution in [0.15, 0.2) is 30.3 Å². The van der Waals surface area contributed by atoms with Crippen LogP contribution >= 0.6 is 0 Å². The summed E-state index contributed by atoms with van der Waals surface area (Å²) in [5.41, 5.74) is 7.82. The third-order valence-electron chi connectivity index (χ3n) is 2.21. The zero-order chi connectivity index (χ0) is 9.97. The molecule has 0 spiro atoms. The zero-order valence-electron chi connectivity index (χ0n) is 8.12. The number of H-pyrrole nitrogens is 1. The first-order chi connectivity index (χ1) is 6.81. The lowest BCUT2D eigenvalue weighted by atomic mass is 10.2. The summed E-state index contributed by atoms with van der Waals surface area (Å²) in [5.74, 6) is 1.45. The number of nitrogen functional groups attached to an aromatic ring is 1. The molecule has 0 radical (unpaired) electrons. The molecule has 3 heteroatoms. The second-order valence-electron chi connectivity index (χ2n) is 3.17. The molecule has 2 rings (SSSR count). The van der Waals surface area contributed by atoms with Gasteiger partial charge in [-0.25, -0.2) is 4.98 Å². The number of rotatable bonds is 2. The van der Waals surface area contributed by atoms with E-state index in [0.29, 0.717) is 5.82 Å². The SMILES string of the molecule is CCc1[nH]c(-c2ccccc2)nc1N. The van der Waals surface area contributed by atoms with Crippen molar-refractivity contribution in [1.82, 2.24) is 9.97 Å². The van der Waals surface area contributed by atoms with Gasteiger partial charge in [-0.3, -0.25) is 0 Å². The molecule has 3 nitrogen and oxygen atoms in total. The van der Waals surface area contributed by atoms with Crippen molar-refractivity contribution in [1.29, 1.82) is 0 Å². The van der Waals surface area contributed by atoms with E-state index in [0.717, 1.165) is 23.5 Å². The molecule has 72 valence electrons. The molecule has 14 heavy (non-hydrogen) atoms. The second kappa shape index (κ2) is 3.54. The van der Waals surface area contributed by atoms with Gasteiger partial charge in [0.2, 0.25) is 0 Å². The van der Waals surface area contributed by atoms with Gasteiger partial charge in [0, 0.05) is 5.56 Å². The molecular formula is C11H13N3. The maximum atomic E-state index is 5.75. The summed E-state index contributed by atoms with van der Waals surface area (Å²) in [6.07, 6.45) is 0.881. The first kappa shape index (κ1) is 8.81. The molecule has 0 amide bonds. The fourth-order valence-electron chi connectivity index (χ4n) is 1.43. The Bertz CT molecular complexity index is 417. The van der Waals surface area contributed by atoms with Gasteiger partial charge in [-0.15, -0.1) is 0 Å². The average Bonchev–Trinajstić information content (AvgIpc) is 2.61. The van der Waals surface area contributed by atoms with Crippen LogP contribution in [-0.2, 0) is 6.42 Å². The number of hydrogen-bond donors (Lipinski definition) is 2. The Kier molecular flexibility index (Phi) is 2.23. The number of aryl methyl sites for hydroxylation is 1. The molecule has 1 heterocycles. The van der Waals surface area contributed by atoms with Crippen LogP contribution in [0.1, 0.15) is 12.6 Å². The van der Waals surface area contributed by atoms with Crippen LogP contribution in [0.4, 0.5) is 5.82 Å². The Labute approximate surface area is 83.0 Å². The molecule has 1 aromatic carbocycles. The summed E-state index contributed by atoms with van der Waals surface area (Å²) < 4.78 is 0. The lowest BCUT2D eigenvalue weighted by Crippen LogP contribution is -1.89. The van der Waals surface area contributed by atoms with Gasteiger partial charge in [0.1, 0.15) is 11.6 Å². The topological polar surface area (TPSA) is 54.7 Å². The number of nitrogens with two attached hydrogens (primary N) is 1. The van der Waals surface area contributed by atoms with E-state index in [1.54, 1.807) is 0 Å². The molecule has 0 aliphatic heterocycles. The normalized spacial score (nSPS) is 10.4. The maximum Gasteiger partial charge on any atom is 0.145 e. The van der Waals surface area contributed by atoms with Crippen LogP contribution in [0.5, 0.6) is 0 Å². The summed E-state index contributed by atoms with van der Waals surface area (Å²) in [5, 5.41) is 0. The number of imidazole rings is 1. The Morgan fingerprint density at radius 3 is 2.57 bits per heavy atom. The Hall–Kier alpha value is -1.77. The molecule has 0 aliphatic carbocycles. The molecule has 0 aliphatic rings. The van der Waals surface area contributed by atoms with Crippen molar-refractivity contribution in [3.05, 3.63) is 36.0 Å². The van der Waals surface area contributed by atoms with Gasteiger partial charge in [-0.2, -0.15) is 0 Å². The number of nitrogens with zero attached hydrogens (tertiary/aromatic N) is 1. The fraction of sp³-hybridized carbons (Fsp3) is 0.182. The standard InChI is InChI=1S/C11H13N3/c1-2-9-10(12)14-11(13-9)8-6-4-3-5-7-8/h3-7H,2,12H2,1H3,(H,13,14). The smallest absolute Gasteiger partial charge is 0.145 e. The number of aromatic amines is 1. The molecule has 0 unspecified atom stereocenters. The molecule has 3 N–H and O–H groups in total. The van der Waals surface area contributed by atoms with E-state index in [1.165, 1.54) is 0 Å². The molecule has 2 aromatic rings. The molecule has 0 fully saturated rings. The average molecular weight is 187 g/mol. The third kappa shape index (κ3) is 1.48. The van der Waals surface area contributed by atoms with Crippen LogP contribution in [0.3, 0.4) is 0 Å². The quantitative estimate of drug-likeness (QED) is 0.757. The van der Waals surface area contributed by atoms with Gasteiger partial charge < -0.3 is 10.7 Å². The summed E-state index contributed by atoms with van der Waals surface area (Å²) in [7, 11) is 0. The van der Waals surface area contributed by atoms with Crippen molar-refractivity contribution in [3.8, 4) is 11.4 Å². The highest BCUT2D eigenvalue weighted by Gasteiger charge is 2.06. The fourth-order valence-corrected chi connectivity index (χ4v) is 1.43. The van der Waals surface area contributed by atoms with E-state index in [2.05, 4.69) is 16.9 Å². The minimum Gasteiger partial charge on any atom is -0.382 e. The molecule has 0 bridgehead atoms. The minimum absolute atomic E-state index is 0.603. The highest BCUT2D eigenvalue weighted by Crippen LogP contribution is 2.19. The Morgan fingerprint density at radius 2 is 2.00 bits per heavy atom. The van der Waals surface area contributed by atoms with Crippen molar-refractivity contribution in [2.75, 3.05) is 5.73 Å². The number of benzene rings is 1. The predicted octanol–water partition coefficient (Wildman–Crippen LogP) is 2.22. The van der Waals surface area contributed by atoms with Gasteiger partial charge in [0.25, 0.3) is 0 Å². The lowest BCUT2D eigenvalue weighted by molar-refractivity contribution is 1.07. The van der Waals surface area contributed by atoms with E-state index < -0.39 is 0 Å².